The van der Waals surface area contributed by atoms with E-state index in [1.54, 1.807) is 6.07 Å². The van der Waals surface area contributed by atoms with Crippen LogP contribution in [0.4, 0.5) is 4.39 Å². The molecule has 0 aliphatic carbocycles. The Morgan fingerprint density at radius 2 is 1.96 bits per heavy atom. The molecule has 0 aromatic heterocycles. The van der Waals surface area contributed by atoms with E-state index in [9.17, 15) is 9.18 Å². The molecule has 0 unspecified atom stereocenters. The van der Waals surface area contributed by atoms with Crippen LogP contribution in [0.2, 0.25) is 0 Å². The number of methoxy groups -OCH3 is 1. The first-order valence-electron chi connectivity index (χ1n) is 8.22. The van der Waals surface area contributed by atoms with Crippen LogP contribution in [-0.4, -0.2) is 37.4 Å². The smallest absolute Gasteiger partial charge is 0.305 e. The van der Waals surface area contributed by atoms with Crippen molar-refractivity contribution in [2.24, 2.45) is 0 Å². The van der Waals surface area contributed by atoms with Gasteiger partial charge in [0.2, 0.25) is 0 Å². The Kier molecular flexibility index (Phi) is 11.8. The molecule has 0 bridgehead atoms. The Balaban J connectivity index is 2.28. The number of halogens is 1. The summed E-state index contributed by atoms with van der Waals surface area (Å²) in [7, 11) is 1.38. The maximum absolute atomic E-state index is 13.8. The highest BCUT2D eigenvalue weighted by molar-refractivity contribution is 7.98. The van der Waals surface area contributed by atoms with Crippen LogP contribution in [0.1, 0.15) is 37.7 Å². The Bertz CT molecular complexity index is 483. The van der Waals surface area contributed by atoms with Gasteiger partial charge >= 0.3 is 5.97 Å². The van der Waals surface area contributed by atoms with E-state index >= 15 is 0 Å². The number of benzene rings is 1. The van der Waals surface area contributed by atoms with E-state index in [-0.39, 0.29) is 11.8 Å². The molecule has 0 fully saturated rings. The minimum atomic E-state index is -0.336. The van der Waals surface area contributed by atoms with E-state index < -0.39 is 0 Å². The van der Waals surface area contributed by atoms with Gasteiger partial charge in [-0.3, -0.25) is 4.79 Å². The molecule has 1 aromatic carbocycles. The van der Waals surface area contributed by atoms with Crippen molar-refractivity contribution in [1.82, 2.24) is 0 Å². The molecule has 0 atom stereocenters. The number of unbranched alkanes of at least 4 members (excludes halogenated alkanes) is 2. The Hall–Kier alpha value is -0.880. The summed E-state index contributed by atoms with van der Waals surface area (Å²) in [4.78, 5) is 11.0. The van der Waals surface area contributed by atoms with Gasteiger partial charge < -0.3 is 9.47 Å². The van der Waals surface area contributed by atoms with Crippen LogP contribution in [0, 0.1) is 5.82 Å². The van der Waals surface area contributed by atoms with Gasteiger partial charge in [-0.1, -0.05) is 6.07 Å². The lowest BCUT2D eigenvalue weighted by molar-refractivity contribution is -0.140. The number of ether oxygens (including phenoxy) is 2. The van der Waals surface area contributed by atoms with E-state index in [0.29, 0.717) is 31.6 Å². The molecule has 0 N–H and O–H groups in total. The molecule has 3 nitrogen and oxygen atoms in total. The molecule has 24 heavy (non-hydrogen) atoms. The van der Waals surface area contributed by atoms with Crippen LogP contribution in [0.5, 0.6) is 5.75 Å². The Morgan fingerprint density at radius 3 is 2.71 bits per heavy atom. The zero-order valence-corrected chi connectivity index (χ0v) is 16.1. The van der Waals surface area contributed by atoms with E-state index in [1.165, 1.54) is 31.8 Å². The lowest BCUT2D eigenvalue weighted by Crippen LogP contribution is -2.03. The number of hydrogen-bond donors (Lipinski definition) is 0. The summed E-state index contributed by atoms with van der Waals surface area (Å²) in [6.07, 6.45) is 6.34. The predicted octanol–water partition coefficient (Wildman–Crippen LogP) is 4.92. The highest BCUT2D eigenvalue weighted by Crippen LogP contribution is 2.23. The number of esters is 1. The summed E-state index contributed by atoms with van der Waals surface area (Å²) in [6.45, 7) is 0.402. The fourth-order valence-electron chi connectivity index (χ4n) is 2.04. The Morgan fingerprint density at radius 1 is 1.17 bits per heavy atom. The normalized spacial score (nSPS) is 10.6. The molecule has 0 saturated heterocycles. The molecule has 0 aliphatic rings. The van der Waals surface area contributed by atoms with Gasteiger partial charge in [-0.25, -0.2) is 4.39 Å². The van der Waals surface area contributed by atoms with Crippen molar-refractivity contribution >= 4 is 29.5 Å². The van der Waals surface area contributed by atoms with Crippen molar-refractivity contribution in [2.45, 2.75) is 37.9 Å². The first-order chi connectivity index (χ1) is 11.7. The monoisotopic (exact) mass is 374 g/mol. The van der Waals surface area contributed by atoms with Crippen molar-refractivity contribution in [3.63, 3.8) is 0 Å². The average molecular weight is 375 g/mol. The maximum atomic E-state index is 13.8. The molecular weight excluding hydrogens is 347 g/mol. The van der Waals surface area contributed by atoms with E-state index in [2.05, 4.69) is 11.0 Å². The average Bonchev–Trinajstić information content (AvgIpc) is 2.59. The first-order valence-corrected chi connectivity index (χ1v) is 10.8. The van der Waals surface area contributed by atoms with Crippen LogP contribution in [-0.2, 0) is 15.3 Å². The lowest BCUT2D eigenvalue weighted by atomic mass is 10.2. The minimum Gasteiger partial charge on any atom is -0.491 e. The molecule has 0 heterocycles. The second kappa shape index (κ2) is 13.4. The summed E-state index contributed by atoms with van der Waals surface area (Å²) in [6, 6.07) is 5.06. The van der Waals surface area contributed by atoms with Gasteiger partial charge in [0.1, 0.15) is 0 Å². The van der Waals surface area contributed by atoms with Crippen LogP contribution in [0.3, 0.4) is 0 Å². The van der Waals surface area contributed by atoms with Crippen molar-refractivity contribution in [2.75, 3.05) is 31.5 Å². The summed E-state index contributed by atoms with van der Waals surface area (Å²) in [5.74, 6) is 2.95. The minimum absolute atomic E-state index is 0.224. The fourth-order valence-corrected chi connectivity index (χ4v) is 3.50. The van der Waals surface area contributed by atoms with E-state index in [1.807, 2.05) is 29.6 Å². The van der Waals surface area contributed by atoms with Gasteiger partial charge in [0.05, 0.1) is 13.7 Å². The molecule has 136 valence electrons. The van der Waals surface area contributed by atoms with Gasteiger partial charge in [-0.05, 0) is 61.1 Å². The predicted molar refractivity (Wildman–Crippen MR) is 102 cm³/mol. The number of carbonyl (C=O) groups is 1. The third-order valence-electron chi connectivity index (χ3n) is 3.41. The number of thioether (sulfide) groups is 2. The molecule has 0 aliphatic heterocycles. The molecule has 6 heteroatoms. The van der Waals surface area contributed by atoms with Crippen LogP contribution >= 0.6 is 23.5 Å². The fraction of sp³-hybridized carbons (Fsp3) is 0.611. The van der Waals surface area contributed by atoms with Crippen molar-refractivity contribution < 1.29 is 18.7 Å². The number of carbonyl (C=O) groups excluding carboxylic acids is 1. The third kappa shape index (κ3) is 9.42. The van der Waals surface area contributed by atoms with E-state index in [0.717, 1.165) is 17.1 Å². The highest BCUT2D eigenvalue weighted by Gasteiger charge is 2.06. The molecular formula is C18H27FO3S2. The molecule has 0 amide bonds. The lowest BCUT2D eigenvalue weighted by Gasteiger charge is -2.09. The second-order valence-corrected chi connectivity index (χ2v) is 7.49. The van der Waals surface area contributed by atoms with Gasteiger partial charge in [0, 0.05) is 12.2 Å². The largest absolute Gasteiger partial charge is 0.491 e. The highest BCUT2D eigenvalue weighted by atomic mass is 32.2. The quantitative estimate of drug-likeness (QED) is 0.361. The summed E-state index contributed by atoms with van der Waals surface area (Å²) in [5, 5.41) is 0. The van der Waals surface area contributed by atoms with Crippen molar-refractivity contribution in [3.05, 3.63) is 29.6 Å². The second-order valence-electron chi connectivity index (χ2n) is 5.40. The van der Waals surface area contributed by atoms with Crippen LogP contribution in [0.15, 0.2) is 18.2 Å². The first kappa shape index (κ1) is 21.2. The number of rotatable bonds is 13. The SMILES string of the molecule is COC(=O)CCCCOc1cc(CSCCCCSC)ccc1F. The number of hydrogen-bond acceptors (Lipinski definition) is 5. The molecule has 0 radical (unpaired) electrons. The summed E-state index contributed by atoms with van der Waals surface area (Å²) in [5.41, 5.74) is 1.08. The zero-order valence-electron chi connectivity index (χ0n) is 14.5. The van der Waals surface area contributed by atoms with Crippen molar-refractivity contribution in [3.8, 4) is 5.75 Å². The third-order valence-corrected chi connectivity index (χ3v) is 5.22. The van der Waals surface area contributed by atoms with Gasteiger partial charge in [-0.15, -0.1) is 0 Å². The van der Waals surface area contributed by atoms with Crippen LogP contribution < -0.4 is 4.74 Å². The van der Waals surface area contributed by atoms with Crippen LogP contribution in [0.25, 0.3) is 0 Å². The molecule has 0 saturated carbocycles. The van der Waals surface area contributed by atoms with E-state index in [4.69, 9.17) is 4.74 Å². The Labute approximate surface area is 153 Å². The maximum Gasteiger partial charge on any atom is 0.305 e. The molecule has 1 aromatic rings. The van der Waals surface area contributed by atoms with Gasteiger partial charge in [0.15, 0.2) is 11.6 Å². The van der Waals surface area contributed by atoms with Crippen molar-refractivity contribution in [1.29, 1.82) is 0 Å². The molecule has 1 rings (SSSR count). The van der Waals surface area contributed by atoms with Gasteiger partial charge in [0.25, 0.3) is 0 Å². The summed E-state index contributed by atoms with van der Waals surface area (Å²) >= 11 is 3.75. The topological polar surface area (TPSA) is 35.5 Å². The van der Waals surface area contributed by atoms with Gasteiger partial charge in [-0.2, -0.15) is 23.5 Å². The summed E-state index contributed by atoms with van der Waals surface area (Å²) < 4.78 is 23.9. The standard InChI is InChI=1S/C18H27FO3S2/c1-21-18(20)7-3-4-10-22-17-13-15(8-9-16(17)19)14-24-12-6-5-11-23-2/h8-9,13H,3-7,10-12,14H2,1-2H3. The molecule has 0 spiro atoms. The zero-order chi connectivity index (χ0) is 17.6.